The van der Waals surface area contributed by atoms with E-state index in [4.69, 9.17) is 5.73 Å². The number of anilines is 1. The predicted octanol–water partition coefficient (Wildman–Crippen LogP) is 1.95. The molecule has 1 aromatic rings. The van der Waals surface area contributed by atoms with Crippen LogP contribution in [0.1, 0.15) is 25.3 Å². The Morgan fingerprint density at radius 1 is 1.56 bits per heavy atom. The van der Waals surface area contributed by atoms with Crippen LogP contribution in [0.4, 0.5) is 5.69 Å². The van der Waals surface area contributed by atoms with Gasteiger partial charge in [-0.1, -0.05) is 6.92 Å². The highest BCUT2D eigenvalue weighted by molar-refractivity contribution is 5.52. The molecule has 2 heterocycles. The maximum atomic E-state index is 5.89. The van der Waals surface area contributed by atoms with Gasteiger partial charge in [0.05, 0.1) is 0 Å². The normalized spacial score (nSPS) is 25.8. The summed E-state index contributed by atoms with van der Waals surface area (Å²) in [6.07, 6.45) is 6.27. The number of rotatable bonds is 2. The van der Waals surface area contributed by atoms with Gasteiger partial charge in [-0.05, 0) is 37.3 Å². The zero-order valence-electron chi connectivity index (χ0n) is 10.2. The lowest BCUT2D eigenvalue weighted by atomic mass is 9.91. The Bertz CT molecular complexity index is 351. The number of pyridine rings is 1. The second-order valence-electron chi connectivity index (χ2n) is 4.87. The van der Waals surface area contributed by atoms with E-state index in [1.165, 1.54) is 24.1 Å². The fraction of sp³-hybridized carbons (Fsp3) is 0.615. The molecule has 3 heteroatoms. The molecule has 2 unspecified atom stereocenters. The van der Waals surface area contributed by atoms with E-state index >= 15 is 0 Å². The van der Waals surface area contributed by atoms with E-state index in [1.54, 1.807) is 0 Å². The molecule has 0 aliphatic carbocycles. The van der Waals surface area contributed by atoms with Crippen LogP contribution in [0, 0.1) is 12.8 Å². The number of aryl methyl sites for hydroxylation is 1. The summed E-state index contributed by atoms with van der Waals surface area (Å²) >= 11 is 0. The van der Waals surface area contributed by atoms with Gasteiger partial charge in [0.1, 0.15) is 0 Å². The lowest BCUT2D eigenvalue weighted by Crippen LogP contribution is -2.46. The highest BCUT2D eigenvalue weighted by Crippen LogP contribution is 2.29. The summed E-state index contributed by atoms with van der Waals surface area (Å²) in [5.74, 6) is 0.798. The van der Waals surface area contributed by atoms with Crippen molar-refractivity contribution in [1.29, 1.82) is 0 Å². The standard InChI is InChI=1S/C13H21N3/c1-10-4-6-16(12(7-10)8-14)13-3-5-15-9-11(13)2/h3,5,9-10,12H,4,6-8,14H2,1-2H3. The first-order chi connectivity index (χ1) is 7.72. The first-order valence-corrected chi connectivity index (χ1v) is 6.09. The fourth-order valence-electron chi connectivity index (χ4n) is 2.58. The second-order valence-corrected chi connectivity index (χ2v) is 4.87. The number of aromatic nitrogens is 1. The van der Waals surface area contributed by atoms with Crippen molar-refractivity contribution in [1.82, 2.24) is 4.98 Å². The van der Waals surface area contributed by atoms with Gasteiger partial charge in [0.2, 0.25) is 0 Å². The van der Waals surface area contributed by atoms with Crippen molar-refractivity contribution in [2.24, 2.45) is 11.7 Å². The monoisotopic (exact) mass is 219 g/mol. The highest BCUT2D eigenvalue weighted by atomic mass is 15.2. The van der Waals surface area contributed by atoms with Crippen LogP contribution in [0.2, 0.25) is 0 Å². The molecule has 1 aliphatic rings. The third-order valence-corrected chi connectivity index (χ3v) is 3.55. The number of nitrogens with two attached hydrogens (primary N) is 1. The first kappa shape index (κ1) is 11.4. The quantitative estimate of drug-likeness (QED) is 0.826. The summed E-state index contributed by atoms with van der Waals surface area (Å²) in [6.45, 7) is 6.30. The zero-order valence-corrected chi connectivity index (χ0v) is 10.2. The molecule has 1 aliphatic heterocycles. The van der Waals surface area contributed by atoms with Crippen LogP contribution < -0.4 is 10.6 Å². The van der Waals surface area contributed by atoms with Gasteiger partial charge < -0.3 is 10.6 Å². The van der Waals surface area contributed by atoms with Gasteiger partial charge in [-0.3, -0.25) is 4.98 Å². The van der Waals surface area contributed by atoms with Crippen molar-refractivity contribution in [2.45, 2.75) is 32.7 Å². The van der Waals surface area contributed by atoms with Crippen LogP contribution in [0.15, 0.2) is 18.5 Å². The molecule has 0 aromatic carbocycles. The molecule has 2 N–H and O–H groups in total. The Balaban J connectivity index is 2.22. The van der Waals surface area contributed by atoms with Crippen LogP contribution in [0.5, 0.6) is 0 Å². The maximum absolute atomic E-state index is 5.89. The van der Waals surface area contributed by atoms with Gasteiger partial charge in [0.25, 0.3) is 0 Å². The van der Waals surface area contributed by atoms with E-state index < -0.39 is 0 Å². The van der Waals surface area contributed by atoms with Crippen molar-refractivity contribution in [3.8, 4) is 0 Å². The molecule has 1 fully saturated rings. The molecule has 2 rings (SSSR count). The third kappa shape index (κ3) is 2.19. The van der Waals surface area contributed by atoms with E-state index in [-0.39, 0.29) is 0 Å². The lowest BCUT2D eigenvalue weighted by molar-refractivity contribution is 0.366. The number of hydrogen-bond donors (Lipinski definition) is 1. The highest BCUT2D eigenvalue weighted by Gasteiger charge is 2.26. The molecule has 2 atom stereocenters. The molecule has 0 spiro atoms. The molecule has 3 nitrogen and oxygen atoms in total. The summed E-state index contributed by atoms with van der Waals surface area (Å²) in [5.41, 5.74) is 8.43. The topological polar surface area (TPSA) is 42.2 Å². The van der Waals surface area contributed by atoms with Gasteiger partial charge in [0, 0.05) is 37.2 Å². The zero-order chi connectivity index (χ0) is 11.5. The molecule has 88 valence electrons. The average molecular weight is 219 g/mol. The minimum absolute atomic E-state index is 0.491. The summed E-state index contributed by atoms with van der Waals surface area (Å²) in [7, 11) is 0. The molecule has 16 heavy (non-hydrogen) atoms. The first-order valence-electron chi connectivity index (χ1n) is 6.09. The lowest BCUT2D eigenvalue weighted by Gasteiger charge is -2.40. The summed E-state index contributed by atoms with van der Waals surface area (Å²) in [5, 5.41) is 0. The number of hydrogen-bond acceptors (Lipinski definition) is 3. The Morgan fingerprint density at radius 2 is 2.38 bits per heavy atom. The average Bonchev–Trinajstić information content (AvgIpc) is 2.30. The molecule has 0 radical (unpaired) electrons. The van der Waals surface area contributed by atoms with Crippen LogP contribution in [0.25, 0.3) is 0 Å². The van der Waals surface area contributed by atoms with Crippen molar-refractivity contribution in [3.05, 3.63) is 24.0 Å². The molecule has 0 bridgehead atoms. The molecular weight excluding hydrogens is 198 g/mol. The Morgan fingerprint density at radius 3 is 3.06 bits per heavy atom. The number of nitrogens with zero attached hydrogens (tertiary/aromatic N) is 2. The van der Waals surface area contributed by atoms with Crippen LogP contribution in [0.3, 0.4) is 0 Å². The largest absolute Gasteiger partial charge is 0.367 e. The van der Waals surface area contributed by atoms with E-state index in [2.05, 4.69) is 29.8 Å². The van der Waals surface area contributed by atoms with Crippen molar-refractivity contribution in [3.63, 3.8) is 0 Å². The van der Waals surface area contributed by atoms with Crippen molar-refractivity contribution in [2.75, 3.05) is 18.0 Å². The van der Waals surface area contributed by atoms with Gasteiger partial charge in [-0.2, -0.15) is 0 Å². The van der Waals surface area contributed by atoms with Crippen LogP contribution >= 0.6 is 0 Å². The Kier molecular flexibility index (Phi) is 3.44. The van der Waals surface area contributed by atoms with Gasteiger partial charge in [-0.15, -0.1) is 0 Å². The van der Waals surface area contributed by atoms with Crippen molar-refractivity contribution < 1.29 is 0 Å². The molecule has 1 saturated heterocycles. The fourth-order valence-corrected chi connectivity index (χ4v) is 2.58. The molecular formula is C13H21N3. The minimum Gasteiger partial charge on any atom is -0.367 e. The van der Waals surface area contributed by atoms with E-state index in [0.717, 1.165) is 19.0 Å². The third-order valence-electron chi connectivity index (χ3n) is 3.55. The minimum atomic E-state index is 0.491. The van der Waals surface area contributed by atoms with E-state index in [0.29, 0.717) is 6.04 Å². The van der Waals surface area contributed by atoms with Gasteiger partial charge in [-0.25, -0.2) is 0 Å². The van der Waals surface area contributed by atoms with E-state index in [1.807, 2.05) is 12.4 Å². The maximum Gasteiger partial charge on any atom is 0.0429 e. The van der Waals surface area contributed by atoms with Crippen LogP contribution in [-0.4, -0.2) is 24.1 Å². The Hall–Kier alpha value is -1.09. The van der Waals surface area contributed by atoms with Gasteiger partial charge in [0.15, 0.2) is 0 Å². The Labute approximate surface area is 97.7 Å². The summed E-state index contributed by atoms with van der Waals surface area (Å²) < 4.78 is 0. The molecule has 1 aromatic heterocycles. The predicted molar refractivity (Wildman–Crippen MR) is 67.6 cm³/mol. The van der Waals surface area contributed by atoms with Crippen molar-refractivity contribution >= 4 is 5.69 Å². The molecule has 0 saturated carbocycles. The molecule has 0 amide bonds. The summed E-state index contributed by atoms with van der Waals surface area (Å²) in [4.78, 5) is 6.60. The van der Waals surface area contributed by atoms with Gasteiger partial charge >= 0.3 is 0 Å². The second kappa shape index (κ2) is 4.83. The summed E-state index contributed by atoms with van der Waals surface area (Å²) in [6, 6.07) is 2.60. The number of piperidine rings is 1. The van der Waals surface area contributed by atoms with Crippen LogP contribution in [-0.2, 0) is 0 Å². The van der Waals surface area contributed by atoms with E-state index in [9.17, 15) is 0 Å². The SMILES string of the molecule is Cc1cnccc1N1CCC(C)CC1CN. The smallest absolute Gasteiger partial charge is 0.0429 e.